The van der Waals surface area contributed by atoms with Gasteiger partial charge in [0, 0.05) is 31.6 Å². The van der Waals surface area contributed by atoms with Crippen LogP contribution in [0, 0.1) is 5.92 Å². The van der Waals surface area contributed by atoms with Gasteiger partial charge in [0.25, 0.3) is 0 Å². The number of hydrogen-bond acceptors (Lipinski definition) is 4. The molecule has 0 aliphatic carbocycles. The molecule has 19 heavy (non-hydrogen) atoms. The first-order valence-corrected chi connectivity index (χ1v) is 6.89. The van der Waals surface area contributed by atoms with Crippen molar-refractivity contribution in [2.75, 3.05) is 18.5 Å². The zero-order valence-electron chi connectivity index (χ0n) is 11.6. The minimum atomic E-state index is 0.344. The molecule has 4 nitrogen and oxygen atoms in total. The third-order valence-corrected chi connectivity index (χ3v) is 3.99. The van der Waals surface area contributed by atoms with Crippen molar-refractivity contribution >= 4 is 17.2 Å². The standard InChI is InChI=1S/C15H20N4/c1-10-8-14(16)17-18-15(10)12-5-6-13-11(9-12)4-3-7-19(13)2/h5-6,9-10H,3-4,7-8H2,1-2H3,(H2,16,17). The summed E-state index contributed by atoms with van der Waals surface area (Å²) in [5, 5.41) is 8.33. The molecule has 1 atom stereocenters. The van der Waals surface area contributed by atoms with Crippen LogP contribution in [-0.2, 0) is 6.42 Å². The van der Waals surface area contributed by atoms with Crippen molar-refractivity contribution in [3.63, 3.8) is 0 Å². The number of aryl methyl sites for hydroxylation is 1. The lowest BCUT2D eigenvalue weighted by molar-refractivity contribution is 0.743. The van der Waals surface area contributed by atoms with Gasteiger partial charge in [-0.3, -0.25) is 0 Å². The van der Waals surface area contributed by atoms with Crippen LogP contribution in [-0.4, -0.2) is 25.1 Å². The Bertz CT molecular complexity index is 559. The van der Waals surface area contributed by atoms with E-state index in [0.29, 0.717) is 11.8 Å². The van der Waals surface area contributed by atoms with Gasteiger partial charge in [-0.05, 0) is 36.1 Å². The fourth-order valence-corrected chi connectivity index (χ4v) is 2.95. The lowest BCUT2D eigenvalue weighted by atomic mass is 9.91. The minimum Gasteiger partial charge on any atom is -0.386 e. The average molecular weight is 256 g/mol. The summed E-state index contributed by atoms with van der Waals surface area (Å²) in [5.41, 5.74) is 10.8. The minimum absolute atomic E-state index is 0.344. The summed E-state index contributed by atoms with van der Waals surface area (Å²) in [6.07, 6.45) is 3.18. The molecule has 2 N–H and O–H groups in total. The third kappa shape index (κ3) is 2.23. The molecule has 2 heterocycles. The van der Waals surface area contributed by atoms with Crippen molar-refractivity contribution < 1.29 is 0 Å². The molecule has 0 saturated heterocycles. The highest BCUT2D eigenvalue weighted by Crippen LogP contribution is 2.28. The van der Waals surface area contributed by atoms with Crippen LogP contribution in [0.4, 0.5) is 5.69 Å². The largest absolute Gasteiger partial charge is 0.386 e. The Morgan fingerprint density at radius 1 is 1.32 bits per heavy atom. The maximum Gasteiger partial charge on any atom is 0.123 e. The highest BCUT2D eigenvalue weighted by atomic mass is 15.2. The van der Waals surface area contributed by atoms with E-state index in [1.54, 1.807) is 0 Å². The molecule has 2 aliphatic heterocycles. The van der Waals surface area contributed by atoms with Gasteiger partial charge in [-0.1, -0.05) is 13.0 Å². The molecule has 2 aliphatic rings. The Hall–Kier alpha value is -1.84. The van der Waals surface area contributed by atoms with Crippen LogP contribution in [0.15, 0.2) is 28.4 Å². The zero-order valence-corrected chi connectivity index (χ0v) is 11.6. The summed E-state index contributed by atoms with van der Waals surface area (Å²) in [5.74, 6) is 0.978. The molecule has 1 aromatic rings. The molecule has 0 radical (unpaired) electrons. The summed E-state index contributed by atoms with van der Waals surface area (Å²) in [6, 6.07) is 6.64. The first kappa shape index (κ1) is 12.2. The molecular weight excluding hydrogens is 236 g/mol. The lowest BCUT2D eigenvalue weighted by Gasteiger charge is -2.28. The normalized spacial score (nSPS) is 22.6. The van der Waals surface area contributed by atoms with Gasteiger partial charge in [-0.25, -0.2) is 0 Å². The number of fused-ring (bicyclic) bond motifs is 1. The molecule has 0 fully saturated rings. The van der Waals surface area contributed by atoms with E-state index in [-0.39, 0.29) is 0 Å². The smallest absolute Gasteiger partial charge is 0.123 e. The van der Waals surface area contributed by atoms with Crippen LogP contribution < -0.4 is 10.6 Å². The first-order valence-electron chi connectivity index (χ1n) is 6.89. The molecule has 100 valence electrons. The van der Waals surface area contributed by atoms with E-state index in [4.69, 9.17) is 5.73 Å². The number of rotatable bonds is 1. The van der Waals surface area contributed by atoms with Crippen LogP contribution in [0.5, 0.6) is 0 Å². The second-order valence-electron chi connectivity index (χ2n) is 5.55. The summed E-state index contributed by atoms with van der Waals surface area (Å²) >= 11 is 0. The van der Waals surface area contributed by atoms with Crippen LogP contribution in [0.3, 0.4) is 0 Å². The van der Waals surface area contributed by atoms with E-state index in [1.165, 1.54) is 23.2 Å². The number of amidine groups is 1. The molecule has 1 unspecified atom stereocenters. The van der Waals surface area contributed by atoms with Gasteiger partial charge < -0.3 is 10.6 Å². The molecule has 4 heteroatoms. The zero-order chi connectivity index (χ0) is 13.4. The van der Waals surface area contributed by atoms with E-state index < -0.39 is 0 Å². The Labute approximate surface area is 114 Å². The summed E-state index contributed by atoms with van der Waals surface area (Å²) in [4.78, 5) is 2.32. The van der Waals surface area contributed by atoms with Crippen molar-refractivity contribution in [3.05, 3.63) is 29.3 Å². The van der Waals surface area contributed by atoms with Crippen molar-refractivity contribution in [3.8, 4) is 0 Å². The fourth-order valence-electron chi connectivity index (χ4n) is 2.95. The molecule has 1 aromatic carbocycles. The molecule has 0 saturated carbocycles. The first-order chi connectivity index (χ1) is 9.15. The van der Waals surface area contributed by atoms with Gasteiger partial charge in [0.15, 0.2) is 0 Å². The predicted molar refractivity (Wildman–Crippen MR) is 80.0 cm³/mol. The maximum absolute atomic E-state index is 5.73. The Morgan fingerprint density at radius 3 is 2.95 bits per heavy atom. The van der Waals surface area contributed by atoms with Crippen molar-refractivity contribution in [2.45, 2.75) is 26.2 Å². The van der Waals surface area contributed by atoms with E-state index in [9.17, 15) is 0 Å². The molecule has 3 rings (SSSR count). The SMILES string of the molecule is CC1CC(N)=NN=C1c1ccc2c(c1)CCCN2C. The van der Waals surface area contributed by atoms with E-state index >= 15 is 0 Å². The van der Waals surface area contributed by atoms with E-state index in [1.807, 2.05) is 0 Å². The number of hydrogen-bond donors (Lipinski definition) is 1. The second-order valence-corrected chi connectivity index (χ2v) is 5.55. The van der Waals surface area contributed by atoms with Gasteiger partial charge in [-0.15, -0.1) is 5.10 Å². The van der Waals surface area contributed by atoms with E-state index in [0.717, 1.165) is 25.1 Å². The lowest BCUT2D eigenvalue weighted by Crippen LogP contribution is -2.27. The molecular formula is C15H20N4. The molecule has 0 bridgehead atoms. The van der Waals surface area contributed by atoms with Gasteiger partial charge in [0.1, 0.15) is 5.84 Å². The monoisotopic (exact) mass is 256 g/mol. The highest BCUT2D eigenvalue weighted by molar-refractivity contribution is 6.06. The maximum atomic E-state index is 5.73. The Morgan fingerprint density at radius 2 is 2.16 bits per heavy atom. The summed E-state index contributed by atoms with van der Waals surface area (Å²) < 4.78 is 0. The Kier molecular flexibility index (Phi) is 3.01. The van der Waals surface area contributed by atoms with Crippen molar-refractivity contribution in [1.29, 1.82) is 0 Å². The summed E-state index contributed by atoms with van der Waals surface area (Å²) in [7, 11) is 2.16. The van der Waals surface area contributed by atoms with Crippen LogP contribution in [0.1, 0.15) is 30.9 Å². The van der Waals surface area contributed by atoms with Crippen molar-refractivity contribution in [2.24, 2.45) is 21.9 Å². The quantitative estimate of drug-likeness (QED) is 0.837. The number of nitrogens with two attached hydrogens (primary N) is 1. The highest BCUT2D eigenvalue weighted by Gasteiger charge is 2.21. The van der Waals surface area contributed by atoms with Crippen LogP contribution >= 0.6 is 0 Å². The van der Waals surface area contributed by atoms with Crippen LogP contribution in [0.25, 0.3) is 0 Å². The number of benzene rings is 1. The van der Waals surface area contributed by atoms with Gasteiger partial charge in [0.2, 0.25) is 0 Å². The van der Waals surface area contributed by atoms with Crippen molar-refractivity contribution in [1.82, 2.24) is 0 Å². The molecule has 0 spiro atoms. The molecule has 0 amide bonds. The van der Waals surface area contributed by atoms with E-state index in [2.05, 4.69) is 47.3 Å². The number of anilines is 1. The average Bonchev–Trinajstić information content (AvgIpc) is 2.38. The topological polar surface area (TPSA) is 54.0 Å². The number of nitrogens with zero attached hydrogens (tertiary/aromatic N) is 3. The third-order valence-electron chi connectivity index (χ3n) is 3.99. The Balaban J connectivity index is 1.99. The van der Waals surface area contributed by atoms with Crippen LogP contribution in [0.2, 0.25) is 0 Å². The van der Waals surface area contributed by atoms with Gasteiger partial charge >= 0.3 is 0 Å². The predicted octanol–water partition coefficient (Wildman–Crippen LogP) is 2.17. The fraction of sp³-hybridized carbons (Fsp3) is 0.467. The summed E-state index contributed by atoms with van der Waals surface area (Å²) in [6.45, 7) is 3.30. The van der Waals surface area contributed by atoms with Gasteiger partial charge in [0.05, 0.1) is 5.71 Å². The second kappa shape index (κ2) is 4.68. The molecule has 0 aromatic heterocycles. The van der Waals surface area contributed by atoms with Gasteiger partial charge in [-0.2, -0.15) is 5.10 Å².